The van der Waals surface area contributed by atoms with Crippen LogP contribution in [0.3, 0.4) is 0 Å². The van der Waals surface area contributed by atoms with Gasteiger partial charge in [-0.2, -0.15) is 0 Å². The zero-order chi connectivity index (χ0) is 10.8. The van der Waals surface area contributed by atoms with Crippen molar-refractivity contribution in [3.05, 3.63) is 0 Å². The fourth-order valence-corrected chi connectivity index (χ4v) is 0.943. The Hall–Kier alpha value is -1.06. The van der Waals surface area contributed by atoms with Crippen molar-refractivity contribution in [1.82, 2.24) is 0 Å². The summed E-state index contributed by atoms with van der Waals surface area (Å²) < 4.78 is 9.16. The molecule has 0 aliphatic rings. The molecule has 4 heteroatoms. The number of esters is 2. The molecule has 0 rings (SSSR count). The Morgan fingerprint density at radius 1 is 0.929 bits per heavy atom. The van der Waals surface area contributed by atoms with Crippen molar-refractivity contribution in [2.24, 2.45) is 0 Å². The number of rotatable bonds is 6. The molecule has 0 aliphatic heterocycles. The fourth-order valence-electron chi connectivity index (χ4n) is 0.943. The molecule has 82 valence electrons. The molecule has 0 aromatic heterocycles. The molecular formula is C10H18O4. The number of unbranched alkanes of at least 4 members (excludes halogenated alkanes) is 3. The van der Waals surface area contributed by atoms with E-state index in [-0.39, 0.29) is 6.61 Å². The maximum Gasteiger partial charge on any atom is 0.417 e. The van der Waals surface area contributed by atoms with Crippen molar-refractivity contribution in [1.29, 1.82) is 0 Å². The van der Waals surface area contributed by atoms with E-state index in [9.17, 15) is 9.59 Å². The highest BCUT2D eigenvalue weighted by Crippen LogP contribution is 1.99. The van der Waals surface area contributed by atoms with E-state index in [4.69, 9.17) is 0 Å². The second-order valence-corrected chi connectivity index (χ2v) is 2.92. The first kappa shape index (κ1) is 12.9. The predicted octanol–water partition coefficient (Wildman–Crippen LogP) is 1.67. The summed E-state index contributed by atoms with van der Waals surface area (Å²) in [5.74, 6) is -1.79. The minimum Gasteiger partial charge on any atom is -0.458 e. The third-order valence-electron chi connectivity index (χ3n) is 1.67. The molecule has 0 saturated carbocycles. The summed E-state index contributed by atoms with van der Waals surface area (Å²) >= 11 is 0. The lowest BCUT2D eigenvalue weighted by molar-refractivity contribution is -0.167. The van der Waals surface area contributed by atoms with Crippen LogP contribution >= 0.6 is 0 Å². The van der Waals surface area contributed by atoms with Crippen LogP contribution in [0.25, 0.3) is 0 Å². The lowest BCUT2D eigenvalue weighted by Crippen LogP contribution is -2.20. The van der Waals surface area contributed by atoms with Gasteiger partial charge in [0.05, 0.1) is 13.2 Å². The van der Waals surface area contributed by atoms with Gasteiger partial charge in [-0.3, -0.25) is 0 Å². The van der Waals surface area contributed by atoms with E-state index in [0.717, 1.165) is 25.7 Å². The first-order valence-electron chi connectivity index (χ1n) is 5.06. The van der Waals surface area contributed by atoms with Crippen LogP contribution in [0.2, 0.25) is 0 Å². The maximum absolute atomic E-state index is 10.9. The summed E-state index contributed by atoms with van der Waals surface area (Å²) in [6, 6.07) is 0. The van der Waals surface area contributed by atoms with Crippen LogP contribution in [0.15, 0.2) is 0 Å². The number of hydrogen-bond donors (Lipinski definition) is 0. The van der Waals surface area contributed by atoms with Crippen LogP contribution in [0.1, 0.15) is 39.5 Å². The molecule has 0 unspecified atom stereocenters. The number of ether oxygens (including phenoxy) is 2. The lowest BCUT2D eigenvalue weighted by Gasteiger charge is -2.03. The van der Waals surface area contributed by atoms with E-state index >= 15 is 0 Å². The first-order chi connectivity index (χ1) is 6.72. The zero-order valence-corrected chi connectivity index (χ0v) is 8.88. The highest BCUT2D eigenvalue weighted by atomic mass is 16.6. The standard InChI is InChI=1S/C10H18O4/c1-3-5-6-7-8-14-10(12)9(11)13-4-2/h3-8H2,1-2H3. The lowest BCUT2D eigenvalue weighted by atomic mass is 10.2. The van der Waals surface area contributed by atoms with Crippen molar-refractivity contribution in [2.45, 2.75) is 39.5 Å². The molecule has 14 heavy (non-hydrogen) atoms. The van der Waals surface area contributed by atoms with Gasteiger partial charge in [0.15, 0.2) is 0 Å². The maximum atomic E-state index is 10.9. The van der Waals surface area contributed by atoms with Gasteiger partial charge >= 0.3 is 11.9 Å². The van der Waals surface area contributed by atoms with Crippen molar-refractivity contribution in [3.63, 3.8) is 0 Å². The zero-order valence-electron chi connectivity index (χ0n) is 8.88. The van der Waals surface area contributed by atoms with Gasteiger partial charge in [0.25, 0.3) is 0 Å². The Labute approximate surface area is 84.6 Å². The van der Waals surface area contributed by atoms with Crippen LogP contribution in [0.5, 0.6) is 0 Å². The molecule has 4 nitrogen and oxygen atoms in total. The third kappa shape index (κ3) is 6.46. The summed E-state index contributed by atoms with van der Waals surface area (Å²) in [6.45, 7) is 4.25. The van der Waals surface area contributed by atoms with E-state index in [1.807, 2.05) is 0 Å². The smallest absolute Gasteiger partial charge is 0.417 e. The van der Waals surface area contributed by atoms with E-state index in [2.05, 4.69) is 16.4 Å². The van der Waals surface area contributed by atoms with Crippen LogP contribution in [-0.2, 0) is 19.1 Å². The minimum atomic E-state index is -0.900. The van der Waals surface area contributed by atoms with Gasteiger partial charge in [0.1, 0.15) is 0 Å². The van der Waals surface area contributed by atoms with Crippen molar-refractivity contribution < 1.29 is 19.1 Å². The molecular weight excluding hydrogens is 184 g/mol. The summed E-state index contributed by atoms with van der Waals surface area (Å²) in [5, 5.41) is 0. The van der Waals surface area contributed by atoms with Crippen LogP contribution in [0.4, 0.5) is 0 Å². The second-order valence-electron chi connectivity index (χ2n) is 2.92. The van der Waals surface area contributed by atoms with Gasteiger partial charge in [0, 0.05) is 0 Å². The molecule has 0 amide bonds. The van der Waals surface area contributed by atoms with Gasteiger partial charge < -0.3 is 9.47 Å². The molecule has 0 N–H and O–H groups in total. The molecule has 0 heterocycles. The van der Waals surface area contributed by atoms with E-state index < -0.39 is 11.9 Å². The monoisotopic (exact) mass is 202 g/mol. The Balaban J connectivity index is 3.39. The molecule has 0 aromatic carbocycles. The van der Waals surface area contributed by atoms with Gasteiger partial charge in [-0.1, -0.05) is 26.2 Å². The Morgan fingerprint density at radius 2 is 1.57 bits per heavy atom. The Bertz CT molecular complexity index is 177. The van der Waals surface area contributed by atoms with Gasteiger partial charge in [-0.15, -0.1) is 0 Å². The summed E-state index contributed by atoms with van der Waals surface area (Å²) in [7, 11) is 0. The Kier molecular flexibility index (Phi) is 7.89. The molecule has 0 bridgehead atoms. The largest absolute Gasteiger partial charge is 0.458 e. The summed E-state index contributed by atoms with van der Waals surface area (Å²) in [5.41, 5.74) is 0. The average molecular weight is 202 g/mol. The SMILES string of the molecule is CCCCCCOC(=O)C(=O)OCC. The van der Waals surface area contributed by atoms with E-state index in [1.165, 1.54) is 0 Å². The predicted molar refractivity (Wildman–Crippen MR) is 51.7 cm³/mol. The van der Waals surface area contributed by atoms with E-state index in [0.29, 0.717) is 6.61 Å². The number of carbonyl (C=O) groups is 2. The minimum absolute atomic E-state index is 0.198. The summed E-state index contributed by atoms with van der Waals surface area (Å²) in [4.78, 5) is 21.6. The van der Waals surface area contributed by atoms with Crippen molar-refractivity contribution in [2.75, 3.05) is 13.2 Å². The average Bonchev–Trinajstić information content (AvgIpc) is 2.17. The topological polar surface area (TPSA) is 52.6 Å². The molecule has 0 atom stereocenters. The molecule has 0 saturated heterocycles. The molecule has 0 radical (unpaired) electrons. The fraction of sp³-hybridized carbons (Fsp3) is 0.800. The molecule has 0 aromatic rings. The van der Waals surface area contributed by atoms with Gasteiger partial charge in [0.2, 0.25) is 0 Å². The van der Waals surface area contributed by atoms with Gasteiger partial charge in [-0.05, 0) is 13.3 Å². The molecule has 0 fully saturated rings. The van der Waals surface area contributed by atoms with Crippen molar-refractivity contribution in [3.8, 4) is 0 Å². The van der Waals surface area contributed by atoms with Crippen LogP contribution in [0, 0.1) is 0 Å². The van der Waals surface area contributed by atoms with Crippen molar-refractivity contribution >= 4 is 11.9 Å². The molecule has 0 aliphatic carbocycles. The Morgan fingerprint density at radius 3 is 2.14 bits per heavy atom. The van der Waals surface area contributed by atoms with Gasteiger partial charge in [-0.25, -0.2) is 9.59 Å². The number of hydrogen-bond acceptors (Lipinski definition) is 4. The molecule has 0 spiro atoms. The van der Waals surface area contributed by atoms with Crippen LogP contribution < -0.4 is 0 Å². The first-order valence-corrected chi connectivity index (χ1v) is 5.06. The highest BCUT2D eigenvalue weighted by molar-refractivity contribution is 6.29. The normalized spacial score (nSPS) is 9.57. The third-order valence-corrected chi connectivity index (χ3v) is 1.67. The quantitative estimate of drug-likeness (QED) is 0.373. The van der Waals surface area contributed by atoms with E-state index in [1.54, 1.807) is 6.92 Å². The van der Waals surface area contributed by atoms with Crippen LogP contribution in [-0.4, -0.2) is 25.2 Å². The number of carbonyl (C=O) groups excluding carboxylic acids is 2. The highest BCUT2D eigenvalue weighted by Gasteiger charge is 2.15. The second kappa shape index (κ2) is 8.53. The summed E-state index contributed by atoms with van der Waals surface area (Å²) in [6.07, 6.45) is 4.08.